The van der Waals surface area contributed by atoms with Gasteiger partial charge in [-0.2, -0.15) is 10.2 Å². The summed E-state index contributed by atoms with van der Waals surface area (Å²) in [5, 5.41) is 7.88. The highest BCUT2D eigenvalue weighted by molar-refractivity contribution is 6.33. The largest absolute Gasteiger partial charge is 0.382 e. The second-order valence-corrected chi connectivity index (χ2v) is 5.33. The van der Waals surface area contributed by atoms with E-state index in [2.05, 4.69) is 20.2 Å². The van der Waals surface area contributed by atoms with Crippen molar-refractivity contribution in [3.8, 4) is 0 Å². The fourth-order valence-corrected chi connectivity index (χ4v) is 2.43. The van der Waals surface area contributed by atoms with Gasteiger partial charge in [-0.1, -0.05) is 6.92 Å². The molecule has 1 atom stereocenters. The Labute approximate surface area is 141 Å². The minimum absolute atomic E-state index is 0.0127. The molecule has 0 saturated carbocycles. The zero-order chi connectivity index (χ0) is 18.0. The molecule has 1 unspecified atom stereocenters. The average molecular weight is 343 g/mol. The SMILES string of the molecule is CC(C(C=Nc1ccc(F)cc1F)=NN)c1ccc2c(N)ncnn12. The number of halogens is 2. The number of hydrazone groups is 1. The van der Waals surface area contributed by atoms with E-state index in [0.717, 1.165) is 17.8 Å². The van der Waals surface area contributed by atoms with Crippen molar-refractivity contribution in [2.24, 2.45) is 15.9 Å². The van der Waals surface area contributed by atoms with E-state index in [4.69, 9.17) is 11.6 Å². The van der Waals surface area contributed by atoms with Crippen LogP contribution in [0.2, 0.25) is 0 Å². The normalized spacial score (nSPS) is 13.6. The molecule has 0 aliphatic carbocycles. The first-order valence-corrected chi connectivity index (χ1v) is 7.36. The topological polar surface area (TPSA) is 107 Å². The van der Waals surface area contributed by atoms with Crippen molar-refractivity contribution >= 4 is 28.9 Å². The van der Waals surface area contributed by atoms with Crippen LogP contribution in [0, 0.1) is 11.6 Å². The van der Waals surface area contributed by atoms with E-state index >= 15 is 0 Å². The third kappa shape index (κ3) is 3.16. The summed E-state index contributed by atoms with van der Waals surface area (Å²) in [5.74, 6) is 4.07. The van der Waals surface area contributed by atoms with Crippen LogP contribution >= 0.6 is 0 Å². The molecule has 3 aromatic rings. The predicted octanol–water partition coefficient (Wildman–Crippen LogP) is 2.41. The van der Waals surface area contributed by atoms with Gasteiger partial charge in [0.2, 0.25) is 0 Å². The molecule has 9 heteroatoms. The Hall–Kier alpha value is -3.36. The zero-order valence-electron chi connectivity index (χ0n) is 13.3. The Balaban J connectivity index is 1.92. The minimum Gasteiger partial charge on any atom is -0.382 e. The Kier molecular flexibility index (Phi) is 4.38. The second-order valence-electron chi connectivity index (χ2n) is 5.33. The van der Waals surface area contributed by atoms with Crippen molar-refractivity contribution < 1.29 is 8.78 Å². The molecule has 2 heterocycles. The standard InChI is InChI=1S/C16H15F2N7/c1-9(14-4-5-15-16(19)22-8-23-25(14)15)13(24-20)7-21-12-3-2-10(17)6-11(12)18/h2-9H,20H2,1H3,(H2,19,22,23). The lowest BCUT2D eigenvalue weighted by Crippen LogP contribution is -2.16. The predicted molar refractivity (Wildman–Crippen MR) is 91.9 cm³/mol. The van der Waals surface area contributed by atoms with E-state index in [-0.39, 0.29) is 11.6 Å². The monoisotopic (exact) mass is 343 g/mol. The summed E-state index contributed by atoms with van der Waals surface area (Å²) in [6.45, 7) is 1.85. The number of nitrogens with zero attached hydrogens (tertiary/aromatic N) is 5. The van der Waals surface area contributed by atoms with Gasteiger partial charge in [0, 0.05) is 12.0 Å². The number of nitrogens with two attached hydrogens (primary N) is 2. The highest BCUT2D eigenvalue weighted by Gasteiger charge is 2.17. The molecule has 3 rings (SSSR count). The zero-order valence-corrected chi connectivity index (χ0v) is 13.3. The number of aromatic nitrogens is 3. The van der Waals surface area contributed by atoms with Crippen LogP contribution in [0.4, 0.5) is 20.3 Å². The van der Waals surface area contributed by atoms with E-state index < -0.39 is 11.6 Å². The molecule has 0 bridgehead atoms. The number of anilines is 1. The molecule has 25 heavy (non-hydrogen) atoms. The van der Waals surface area contributed by atoms with Gasteiger partial charge < -0.3 is 11.6 Å². The van der Waals surface area contributed by atoms with E-state index in [1.165, 1.54) is 18.6 Å². The average Bonchev–Trinajstić information content (AvgIpc) is 3.02. The second kappa shape index (κ2) is 6.63. The minimum atomic E-state index is -0.770. The maximum Gasteiger partial charge on any atom is 0.151 e. The first kappa shape index (κ1) is 16.5. The molecule has 1 aromatic carbocycles. The molecule has 2 aromatic heterocycles. The van der Waals surface area contributed by atoms with Gasteiger partial charge in [0.25, 0.3) is 0 Å². The van der Waals surface area contributed by atoms with Crippen LogP contribution in [0.1, 0.15) is 18.5 Å². The summed E-state index contributed by atoms with van der Waals surface area (Å²) in [6, 6.07) is 6.73. The number of hydrogen-bond acceptors (Lipinski definition) is 6. The highest BCUT2D eigenvalue weighted by atomic mass is 19.1. The van der Waals surface area contributed by atoms with Crippen LogP contribution in [0.5, 0.6) is 0 Å². The quantitative estimate of drug-likeness (QED) is 0.431. The number of benzene rings is 1. The van der Waals surface area contributed by atoms with Crippen molar-refractivity contribution in [3.05, 3.63) is 54.0 Å². The summed E-state index contributed by atoms with van der Waals surface area (Å²) in [6.07, 6.45) is 2.69. The summed E-state index contributed by atoms with van der Waals surface area (Å²) in [7, 11) is 0. The maximum absolute atomic E-state index is 13.7. The Morgan fingerprint density at radius 3 is 2.80 bits per heavy atom. The Morgan fingerprint density at radius 1 is 1.28 bits per heavy atom. The van der Waals surface area contributed by atoms with Crippen molar-refractivity contribution in [2.75, 3.05) is 5.73 Å². The van der Waals surface area contributed by atoms with Crippen molar-refractivity contribution in [3.63, 3.8) is 0 Å². The van der Waals surface area contributed by atoms with Gasteiger partial charge in [0.15, 0.2) is 11.6 Å². The number of rotatable bonds is 4. The fourth-order valence-electron chi connectivity index (χ4n) is 2.43. The van der Waals surface area contributed by atoms with Gasteiger partial charge in [-0.15, -0.1) is 0 Å². The van der Waals surface area contributed by atoms with E-state index in [0.29, 0.717) is 17.0 Å². The molecule has 0 aliphatic heterocycles. The molecule has 0 aliphatic rings. The van der Waals surface area contributed by atoms with Crippen LogP contribution in [0.3, 0.4) is 0 Å². The lowest BCUT2D eigenvalue weighted by atomic mass is 10.0. The van der Waals surface area contributed by atoms with Gasteiger partial charge in [0.05, 0.1) is 23.3 Å². The third-order valence-corrected chi connectivity index (χ3v) is 3.79. The van der Waals surface area contributed by atoms with E-state index in [9.17, 15) is 8.78 Å². The highest BCUT2D eigenvalue weighted by Crippen LogP contribution is 2.22. The summed E-state index contributed by atoms with van der Waals surface area (Å²) in [4.78, 5) is 7.93. The molecule has 0 radical (unpaired) electrons. The Bertz CT molecular complexity index is 978. The fraction of sp³-hybridized carbons (Fsp3) is 0.125. The maximum atomic E-state index is 13.7. The Morgan fingerprint density at radius 2 is 2.08 bits per heavy atom. The summed E-state index contributed by atoms with van der Waals surface area (Å²) >= 11 is 0. The molecule has 0 saturated heterocycles. The van der Waals surface area contributed by atoms with Crippen molar-refractivity contribution in [1.29, 1.82) is 0 Å². The molecular weight excluding hydrogens is 328 g/mol. The van der Waals surface area contributed by atoms with E-state index in [1.54, 1.807) is 10.6 Å². The molecule has 7 nitrogen and oxygen atoms in total. The van der Waals surface area contributed by atoms with Crippen LogP contribution in [-0.4, -0.2) is 26.5 Å². The van der Waals surface area contributed by atoms with Crippen molar-refractivity contribution in [2.45, 2.75) is 12.8 Å². The van der Waals surface area contributed by atoms with Gasteiger partial charge >= 0.3 is 0 Å². The summed E-state index contributed by atoms with van der Waals surface area (Å²) in [5.41, 5.74) is 7.61. The number of hydrogen-bond donors (Lipinski definition) is 2. The molecular formula is C16H15F2N7. The first-order valence-electron chi connectivity index (χ1n) is 7.36. The van der Waals surface area contributed by atoms with E-state index in [1.807, 2.05) is 13.0 Å². The van der Waals surface area contributed by atoms with Crippen LogP contribution < -0.4 is 11.6 Å². The van der Waals surface area contributed by atoms with Gasteiger partial charge in [-0.3, -0.25) is 4.99 Å². The van der Waals surface area contributed by atoms with Crippen LogP contribution in [0.25, 0.3) is 5.52 Å². The van der Waals surface area contributed by atoms with Gasteiger partial charge in [-0.05, 0) is 24.3 Å². The first-order chi connectivity index (χ1) is 12.0. The van der Waals surface area contributed by atoms with Crippen molar-refractivity contribution in [1.82, 2.24) is 14.6 Å². The molecule has 128 valence electrons. The molecule has 0 amide bonds. The van der Waals surface area contributed by atoms with Crippen LogP contribution in [-0.2, 0) is 0 Å². The van der Waals surface area contributed by atoms with Crippen LogP contribution in [0.15, 0.2) is 46.8 Å². The molecule has 0 fully saturated rings. The van der Waals surface area contributed by atoms with Gasteiger partial charge in [-0.25, -0.2) is 18.3 Å². The summed E-state index contributed by atoms with van der Waals surface area (Å²) < 4.78 is 28.2. The molecule has 0 spiro atoms. The number of fused-ring (bicyclic) bond motifs is 1. The van der Waals surface area contributed by atoms with Gasteiger partial charge in [0.1, 0.15) is 17.7 Å². The lowest BCUT2D eigenvalue weighted by molar-refractivity contribution is 0.585. The number of nitrogen functional groups attached to an aromatic ring is 1. The third-order valence-electron chi connectivity index (χ3n) is 3.79. The number of aliphatic imine (C=N–C) groups is 1. The lowest BCUT2D eigenvalue weighted by Gasteiger charge is -2.11. The molecule has 4 N–H and O–H groups in total. The smallest absolute Gasteiger partial charge is 0.151 e.